The molecule has 0 fully saturated rings. The summed E-state index contributed by atoms with van der Waals surface area (Å²) in [6, 6.07) is 7.88. The van der Waals surface area contributed by atoms with E-state index in [4.69, 9.17) is 14.3 Å². The Balaban J connectivity index is 1.95. The first-order valence-corrected chi connectivity index (χ1v) is 10.3. The van der Waals surface area contributed by atoms with Crippen LogP contribution in [0.3, 0.4) is 0 Å². The van der Waals surface area contributed by atoms with Crippen LogP contribution in [0.1, 0.15) is 51.5 Å². The monoisotopic (exact) mass is 401 g/mol. The van der Waals surface area contributed by atoms with Crippen LogP contribution in [-0.2, 0) is 20.9 Å². The van der Waals surface area contributed by atoms with Gasteiger partial charge in [-0.05, 0) is 38.3 Å². The summed E-state index contributed by atoms with van der Waals surface area (Å²) in [6.07, 6.45) is 9.34. The van der Waals surface area contributed by atoms with Crippen molar-refractivity contribution in [3.05, 3.63) is 48.5 Å². The average Bonchev–Trinajstić information content (AvgIpc) is 3.23. The van der Waals surface area contributed by atoms with E-state index in [1.54, 1.807) is 19.4 Å². The summed E-state index contributed by atoms with van der Waals surface area (Å²) in [5, 5.41) is 4.36. The van der Waals surface area contributed by atoms with Crippen molar-refractivity contribution in [2.75, 3.05) is 19.8 Å². The summed E-state index contributed by atoms with van der Waals surface area (Å²) in [5.41, 5.74) is 1.73. The number of hydrogen-bond donors (Lipinski definition) is 0. The van der Waals surface area contributed by atoms with Crippen LogP contribution in [0, 0.1) is 0 Å². The quantitative estimate of drug-likeness (QED) is 0.205. The van der Waals surface area contributed by atoms with E-state index >= 15 is 0 Å². The van der Waals surface area contributed by atoms with E-state index in [-0.39, 0.29) is 5.97 Å². The number of ether oxygens (including phenoxy) is 2. The molecule has 7 nitrogen and oxygen atoms in total. The highest BCUT2D eigenvalue weighted by Gasteiger charge is 2.08. The molecule has 2 aromatic rings. The second kappa shape index (κ2) is 13.4. The first-order valence-electron chi connectivity index (χ1n) is 10.3. The van der Waals surface area contributed by atoms with Gasteiger partial charge < -0.3 is 18.9 Å². The van der Waals surface area contributed by atoms with Crippen molar-refractivity contribution in [3.63, 3.8) is 0 Å². The molecule has 1 aromatic heterocycles. The first-order chi connectivity index (χ1) is 14.2. The van der Waals surface area contributed by atoms with Crippen molar-refractivity contribution in [3.8, 4) is 5.75 Å². The van der Waals surface area contributed by atoms with E-state index in [9.17, 15) is 4.79 Å². The Hall–Kier alpha value is -2.83. The molecule has 0 radical (unpaired) electrons. The topological polar surface area (TPSA) is 74.9 Å². The number of aromatic nitrogens is 2. The zero-order valence-corrected chi connectivity index (χ0v) is 17.4. The van der Waals surface area contributed by atoms with E-state index < -0.39 is 0 Å². The lowest BCUT2D eigenvalue weighted by molar-refractivity contribution is -0.143. The van der Waals surface area contributed by atoms with Crippen molar-refractivity contribution in [2.24, 2.45) is 5.16 Å². The summed E-state index contributed by atoms with van der Waals surface area (Å²) in [5.74, 6) is 0.653. The zero-order valence-electron chi connectivity index (χ0n) is 17.4. The van der Waals surface area contributed by atoms with Gasteiger partial charge in [-0.15, -0.1) is 0 Å². The molecule has 158 valence electrons. The molecule has 0 N–H and O–H groups in total. The fourth-order valence-corrected chi connectivity index (χ4v) is 2.62. The van der Waals surface area contributed by atoms with Gasteiger partial charge >= 0.3 is 5.97 Å². The third-order valence-corrected chi connectivity index (χ3v) is 4.17. The number of carbonyl (C=O) groups excluding carboxylic acids is 1. The fraction of sp³-hybridized carbons (Fsp3) is 0.500. The lowest BCUT2D eigenvalue weighted by atomic mass is 10.1. The molecule has 0 unspecified atom stereocenters. The second-order valence-electron chi connectivity index (χ2n) is 6.60. The zero-order chi connectivity index (χ0) is 20.7. The summed E-state index contributed by atoms with van der Waals surface area (Å²) < 4.78 is 12.7. The Kier molecular flexibility index (Phi) is 10.3. The van der Waals surface area contributed by atoms with Crippen molar-refractivity contribution >= 4 is 11.7 Å². The minimum Gasteiger partial charge on any atom is -0.494 e. The summed E-state index contributed by atoms with van der Waals surface area (Å²) >= 11 is 0. The van der Waals surface area contributed by atoms with Crippen molar-refractivity contribution in [2.45, 2.75) is 52.5 Å². The molecule has 0 saturated carbocycles. The Morgan fingerprint density at radius 2 is 2.07 bits per heavy atom. The Morgan fingerprint density at radius 1 is 1.17 bits per heavy atom. The highest BCUT2D eigenvalue weighted by Crippen LogP contribution is 2.16. The number of oxime groups is 1. The molecule has 0 aliphatic rings. The maximum Gasteiger partial charge on any atom is 0.305 e. The molecule has 0 amide bonds. The van der Waals surface area contributed by atoms with Crippen molar-refractivity contribution in [1.29, 1.82) is 0 Å². The predicted octanol–water partition coefficient (Wildman–Crippen LogP) is 4.22. The lowest BCUT2D eigenvalue weighted by Gasteiger charge is -2.11. The second-order valence-corrected chi connectivity index (χ2v) is 6.60. The molecular weight excluding hydrogens is 370 g/mol. The van der Waals surface area contributed by atoms with Gasteiger partial charge in [-0.25, -0.2) is 4.98 Å². The van der Waals surface area contributed by atoms with Crippen LogP contribution in [-0.4, -0.2) is 41.1 Å². The van der Waals surface area contributed by atoms with Gasteiger partial charge in [0.05, 0.1) is 26.1 Å². The SMILES string of the molecule is CCCCOc1cccc(/C(Cn2ccnc2)=N\OCCCCC(=O)OCC)c1. The predicted molar refractivity (Wildman–Crippen MR) is 112 cm³/mol. The van der Waals surface area contributed by atoms with Crippen molar-refractivity contribution < 1.29 is 19.1 Å². The van der Waals surface area contributed by atoms with Gasteiger partial charge in [0.25, 0.3) is 0 Å². The number of nitrogens with zero attached hydrogens (tertiary/aromatic N) is 3. The van der Waals surface area contributed by atoms with Gasteiger partial charge in [0, 0.05) is 24.4 Å². The van der Waals surface area contributed by atoms with Gasteiger partial charge in [0.2, 0.25) is 0 Å². The van der Waals surface area contributed by atoms with Crippen molar-refractivity contribution in [1.82, 2.24) is 9.55 Å². The number of hydrogen-bond acceptors (Lipinski definition) is 6. The molecule has 1 heterocycles. The van der Waals surface area contributed by atoms with Gasteiger partial charge in [-0.3, -0.25) is 4.79 Å². The van der Waals surface area contributed by atoms with Crippen LogP contribution in [0.25, 0.3) is 0 Å². The summed E-state index contributed by atoms with van der Waals surface area (Å²) in [6.45, 7) is 6.05. The van der Waals surface area contributed by atoms with Crippen LogP contribution >= 0.6 is 0 Å². The highest BCUT2D eigenvalue weighted by atomic mass is 16.6. The average molecular weight is 402 g/mol. The molecule has 29 heavy (non-hydrogen) atoms. The van der Waals surface area contributed by atoms with Crippen LogP contribution in [0.5, 0.6) is 5.75 Å². The van der Waals surface area contributed by atoms with Crippen LogP contribution in [0.2, 0.25) is 0 Å². The molecule has 0 bridgehead atoms. The molecule has 7 heteroatoms. The molecular formula is C22H31N3O4. The third kappa shape index (κ3) is 8.81. The maximum absolute atomic E-state index is 11.4. The standard InChI is InChI=1S/C22H31N3O4/c1-3-5-14-28-20-10-8-9-19(16-20)21(17-25-13-12-23-18-25)24-29-15-7-6-11-22(26)27-4-2/h8-10,12-13,16,18H,3-7,11,14-15,17H2,1-2H3/b24-21-. The normalized spacial score (nSPS) is 11.3. The molecule has 0 aliphatic heterocycles. The number of benzene rings is 1. The van der Waals surface area contributed by atoms with Gasteiger partial charge in [-0.1, -0.05) is 30.6 Å². The number of esters is 1. The minimum absolute atomic E-state index is 0.170. The van der Waals surface area contributed by atoms with E-state index in [0.29, 0.717) is 39.2 Å². The highest BCUT2D eigenvalue weighted by molar-refractivity contribution is 6.00. The third-order valence-electron chi connectivity index (χ3n) is 4.17. The Labute approximate surface area is 172 Å². The number of imidazole rings is 1. The van der Waals surface area contributed by atoms with E-state index in [1.165, 1.54) is 0 Å². The van der Waals surface area contributed by atoms with Gasteiger partial charge in [0.1, 0.15) is 18.1 Å². The van der Waals surface area contributed by atoms with Gasteiger partial charge in [0.15, 0.2) is 0 Å². The molecule has 0 spiro atoms. The Bertz CT molecular complexity index is 744. The largest absolute Gasteiger partial charge is 0.494 e. The minimum atomic E-state index is -0.170. The summed E-state index contributed by atoms with van der Waals surface area (Å²) in [7, 11) is 0. The summed E-state index contributed by atoms with van der Waals surface area (Å²) in [4.78, 5) is 21.0. The molecule has 1 aromatic carbocycles. The molecule has 0 atom stereocenters. The van der Waals surface area contributed by atoms with E-state index in [1.807, 2.05) is 35.0 Å². The lowest BCUT2D eigenvalue weighted by Crippen LogP contribution is -2.12. The molecule has 2 rings (SSSR count). The Morgan fingerprint density at radius 3 is 2.83 bits per heavy atom. The number of rotatable bonds is 14. The smallest absolute Gasteiger partial charge is 0.305 e. The van der Waals surface area contributed by atoms with E-state index in [2.05, 4.69) is 17.1 Å². The van der Waals surface area contributed by atoms with Crippen LogP contribution in [0.4, 0.5) is 0 Å². The van der Waals surface area contributed by atoms with Gasteiger partial charge in [-0.2, -0.15) is 0 Å². The first kappa shape index (κ1) is 22.5. The fourth-order valence-electron chi connectivity index (χ4n) is 2.62. The van der Waals surface area contributed by atoms with E-state index in [0.717, 1.165) is 36.3 Å². The molecule has 0 saturated heterocycles. The molecule has 0 aliphatic carbocycles. The van der Waals surface area contributed by atoms with Crippen LogP contribution in [0.15, 0.2) is 48.1 Å². The number of unbranched alkanes of at least 4 members (excludes halogenated alkanes) is 2. The van der Waals surface area contributed by atoms with Crippen LogP contribution < -0.4 is 4.74 Å². The number of carbonyl (C=O) groups is 1. The maximum atomic E-state index is 11.4.